The van der Waals surface area contributed by atoms with Crippen LogP contribution >= 0.6 is 0 Å². The van der Waals surface area contributed by atoms with Crippen molar-refractivity contribution in [3.05, 3.63) is 66.2 Å². The van der Waals surface area contributed by atoms with E-state index in [0.29, 0.717) is 16.9 Å². The minimum Gasteiger partial charge on any atom is -0.490 e. The first kappa shape index (κ1) is 15.7. The molecule has 3 rings (SSSR count). The smallest absolute Gasteiger partial charge is 0.338 e. The molecule has 0 heterocycles. The van der Waals surface area contributed by atoms with Gasteiger partial charge >= 0.3 is 5.97 Å². The third-order valence-electron chi connectivity index (χ3n) is 3.52. The van der Waals surface area contributed by atoms with Gasteiger partial charge in [0, 0.05) is 11.4 Å². The maximum atomic E-state index is 11.9. The topological polar surface area (TPSA) is 87.6 Å². The average Bonchev–Trinajstić information content (AvgIpc) is 2.57. The molecule has 0 atom stereocenters. The summed E-state index contributed by atoms with van der Waals surface area (Å²) in [5.41, 5.74) is 12.5. The van der Waals surface area contributed by atoms with Crippen LogP contribution in [-0.2, 0) is 4.74 Å². The zero-order valence-electron chi connectivity index (χ0n) is 13.1. The summed E-state index contributed by atoms with van der Waals surface area (Å²) < 4.78 is 10.8. The van der Waals surface area contributed by atoms with E-state index in [-0.39, 0.29) is 13.2 Å². The maximum Gasteiger partial charge on any atom is 0.338 e. The molecule has 5 nitrogen and oxygen atoms in total. The minimum atomic E-state index is -0.476. The first-order valence-corrected chi connectivity index (χ1v) is 7.56. The van der Waals surface area contributed by atoms with Crippen molar-refractivity contribution in [2.45, 2.75) is 0 Å². The number of nitrogens with two attached hydrogens (primary N) is 2. The van der Waals surface area contributed by atoms with Crippen molar-refractivity contribution >= 4 is 28.1 Å². The van der Waals surface area contributed by atoms with Crippen LogP contribution < -0.4 is 16.2 Å². The minimum absolute atomic E-state index is 0.139. The molecule has 5 heteroatoms. The highest BCUT2D eigenvalue weighted by molar-refractivity contribution is 5.91. The number of anilines is 2. The number of benzene rings is 3. The van der Waals surface area contributed by atoms with E-state index in [2.05, 4.69) is 0 Å². The molecule has 0 aliphatic rings. The molecule has 0 fully saturated rings. The van der Waals surface area contributed by atoms with E-state index < -0.39 is 5.97 Å². The van der Waals surface area contributed by atoms with Crippen LogP contribution in [0.3, 0.4) is 0 Å². The Morgan fingerprint density at radius 2 is 1.54 bits per heavy atom. The largest absolute Gasteiger partial charge is 0.490 e. The Morgan fingerprint density at radius 3 is 2.29 bits per heavy atom. The molecular formula is C19H18N2O3. The van der Waals surface area contributed by atoms with Crippen LogP contribution in [0, 0.1) is 0 Å². The lowest BCUT2D eigenvalue weighted by atomic mass is 10.1. The summed E-state index contributed by atoms with van der Waals surface area (Å²) in [6.07, 6.45) is 0. The summed E-state index contributed by atoms with van der Waals surface area (Å²) in [4.78, 5) is 11.9. The van der Waals surface area contributed by atoms with Gasteiger partial charge < -0.3 is 20.9 Å². The van der Waals surface area contributed by atoms with E-state index in [0.717, 1.165) is 16.5 Å². The van der Waals surface area contributed by atoms with Crippen molar-refractivity contribution in [2.24, 2.45) is 0 Å². The van der Waals surface area contributed by atoms with Crippen LogP contribution in [0.25, 0.3) is 10.8 Å². The second-order valence-corrected chi connectivity index (χ2v) is 5.38. The maximum absolute atomic E-state index is 11.9. The molecule has 4 N–H and O–H groups in total. The molecule has 0 amide bonds. The molecule has 0 bridgehead atoms. The van der Waals surface area contributed by atoms with Crippen LogP contribution in [0.2, 0.25) is 0 Å². The van der Waals surface area contributed by atoms with Crippen molar-refractivity contribution in [1.29, 1.82) is 0 Å². The van der Waals surface area contributed by atoms with Gasteiger partial charge in [0.15, 0.2) is 0 Å². The normalized spacial score (nSPS) is 10.5. The fraction of sp³-hybridized carbons (Fsp3) is 0.105. The van der Waals surface area contributed by atoms with E-state index in [4.69, 9.17) is 20.9 Å². The predicted molar refractivity (Wildman–Crippen MR) is 95.0 cm³/mol. The molecular weight excluding hydrogens is 304 g/mol. The number of carbonyl (C=O) groups excluding carboxylic acids is 1. The Kier molecular flexibility index (Phi) is 4.52. The lowest BCUT2D eigenvalue weighted by Crippen LogP contribution is -2.13. The number of hydrogen-bond donors (Lipinski definition) is 2. The molecule has 24 heavy (non-hydrogen) atoms. The molecule has 0 saturated carbocycles. The second-order valence-electron chi connectivity index (χ2n) is 5.38. The summed E-state index contributed by atoms with van der Waals surface area (Å²) in [7, 11) is 0. The predicted octanol–water partition coefficient (Wildman–Crippen LogP) is 3.24. The number of rotatable bonds is 5. The van der Waals surface area contributed by atoms with Crippen LogP contribution in [0.5, 0.6) is 5.75 Å². The monoisotopic (exact) mass is 322 g/mol. The number of fused-ring (bicyclic) bond motifs is 1. The third-order valence-corrected chi connectivity index (χ3v) is 3.52. The van der Waals surface area contributed by atoms with Gasteiger partial charge in [-0.2, -0.15) is 0 Å². The Bertz CT molecular complexity index is 857. The zero-order valence-corrected chi connectivity index (χ0v) is 13.1. The van der Waals surface area contributed by atoms with Crippen LogP contribution in [0.4, 0.5) is 11.4 Å². The molecule has 0 radical (unpaired) electrons. The van der Waals surface area contributed by atoms with Crippen molar-refractivity contribution in [2.75, 3.05) is 24.7 Å². The number of nitrogen functional groups attached to an aromatic ring is 2. The van der Waals surface area contributed by atoms with Crippen molar-refractivity contribution in [1.82, 2.24) is 0 Å². The molecule has 3 aromatic carbocycles. The lowest BCUT2D eigenvalue weighted by Gasteiger charge is -2.09. The summed E-state index contributed by atoms with van der Waals surface area (Å²) in [5, 5.41) is 2.25. The van der Waals surface area contributed by atoms with Gasteiger partial charge in [0.1, 0.15) is 19.0 Å². The fourth-order valence-electron chi connectivity index (χ4n) is 2.43. The Morgan fingerprint density at radius 1 is 0.833 bits per heavy atom. The van der Waals surface area contributed by atoms with E-state index in [9.17, 15) is 4.79 Å². The van der Waals surface area contributed by atoms with Gasteiger partial charge in [0.25, 0.3) is 0 Å². The quantitative estimate of drug-likeness (QED) is 0.428. The number of hydrogen-bond acceptors (Lipinski definition) is 5. The highest BCUT2D eigenvalue weighted by atomic mass is 16.6. The van der Waals surface area contributed by atoms with Gasteiger partial charge in [-0.15, -0.1) is 0 Å². The lowest BCUT2D eigenvalue weighted by molar-refractivity contribution is 0.0450. The van der Waals surface area contributed by atoms with Gasteiger partial charge in [-0.25, -0.2) is 4.79 Å². The van der Waals surface area contributed by atoms with Gasteiger partial charge in [-0.3, -0.25) is 0 Å². The Balaban J connectivity index is 1.53. The first-order valence-electron chi connectivity index (χ1n) is 7.56. The molecule has 0 spiro atoms. The summed E-state index contributed by atoms with van der Waals surface area (Å²) in [6.45, 7) is 0.405. The second kappa shape index (κ2) is 6.91. The van der Waals surface area contributed by atoms with Crippen LogP contribution in [0.1, 0.15) is 10.4 Å². The molecule has 122 valence electrons. The molecule has 0 aliphatic heterocycles. The molecule has 0 unspecified atom stereocenters. The zero-order chi connectivity index (χ0) is 16.9. The third kappa shape index (κ3) is 3.76. The van der Waals surface area contributed by atoms with Crippen LogP contribution in [0.15, 0.2) is 60.7 Å². The SMILES string of the molecule is Nc1cc(N)cc(C(=O)OCCOc2ccc3ccccc3c2)c1. The van der Waals surface area contributed by atoms with Gasteiger partial charge in [-0.1, -0.05) is 30.3 Å². The Hall–Kier alpha value is -3.21. The molecule has 3 aromatic rings. The summed E-state index contributed by atoms with van der Waals surface area (Å²) in [6, 6.07) is 18.5. The first-order chi connectivity index (χ1) is 11.6. The highest BCUT2D eigenvalue weighted by Gasteiger charge is 2.08. The molecule has 0 aliphatic carbocycles. The van der Waals surface area contributed by atoms with Gasteiger partial charge in [0.2, 0.25) is 0 Å². The van der Waals surface area contributed by atoms with Crippen molar-refractivity contribution < 1.29 is 14.3 Å². The van der Waals surface area contributed by atoms with Crippen molar-refractivity contribution in [3.63, 3.8) is 0 Å². The summed E-state index contributed by atoms with van der Waals surface area (Å²) in [5.74, 6) is 0.258. The van der Waals surface area contributed by atoms with Crippen molar-refractivity contribution in [3.8, 4) is 5.75 Å². The van der Waals surface area contributed by atoms with E-state index >= 15 is 0 Å². The van der Waals surface area contributed by atoms with Gasteiger partial charge in [0.05, 0.1) is 5.56 Å². The standard InChI is InChI=1S/C19H18N2O3/c20-16-9-15(10-17(21)12-16)19(22)24-8-7-23-18-6-5-13-3-1-2-4-14(13)11-18/h1-6,9-12H,7-8,20-21H2. The number of ether oxygens (including phenoxy) is 2. The highest BCUT2D eigenvalue weighted by Crippen LogP contribution is 2.20. The average molecular weight is 322 g/mol. The molecule has 0 saturated heterocycles. The fourth-order valence-corrected chi connectivity index (χ4v) is 2.43. The Labute approximate surface area is 139 Å². The van der Waals surface area contributed by atoms with E-state index in [1.807, 2.05) is 42.5 Å². The van der Waals surface area contributed by atoms with E-state index in [1.54, 1.807) is 6.07 Å². The molecule has 0 aromatic heterocycles. The number of esters is 1. The van der Waals surface area contributed by atoms with Gasteiger partial charge in [-0.05, 0) is 41.1 Å². The van der Waals surface area contributed by atoms with Crippen LogP contribution in [-0.4, -0.2) is 19.2 Å². The number of carbonyl (C=O) groups is 1. The van der Waals surface area contributed by atoms with E-state index in [1.165, 1.54) is 12.1 Å². The summed E-state index contributed by atoms with van der Waals surface area (Å²) >= 11 is 0.